The van der Waals surface area contributed by atoms with Crippen molar-refractivity contribution in [2.24, 2.45) is 11.8 Å². The fourth-order valence-corrected chi connectivity index (χ4v) is 3.96. The Kier molecular flexibility index (Phi) is 7.63. The highest BCUT2D eigenvalue weighted by atomic mass is 16.3. The zero-order valence-corrected chi connectivity index (χ0v) is 14.9. The summed E-state index contributed by atoms with van der Waals surface area (Å²) in [5, 5.41) is 15.8. The number of aliphatic hydroxyl groups is 1. The first-order valence-electron chi connectivity index (χ1n) is 9.48. The maximum Gasteiger partial charge on any atom is 0.315 e. The van der Waals surface area contributed by atoms with E-state index in [-0.39, 0.29) is 30.6 Å². The smallest absolute Gasteiger partial charge is 0.315 e. The molecule has 0 aromatic carbocycles. The second-order valence-corrected chi connectivity index (χ2v) is 7.77. The summed E-state index contributed by atoms with van der Waals surface area (Å²) in [5.74, 6) is 0.921. The van der Waals surface area contributed by atoms with E-state index < -0.39 is 0 Å². The molecule has 2 aliphatic rings. The zero-order valence-electron chi connectivity index (χ0n) is 14.9. The number of rotatable bonds is 5. The standard InChI is InChI=1S/C18H35N3O2/c1-14(2)12-21-10-8-16(9-11-21)19-18(23)20-17-7-5-3-4-6-15(17)13-22/h14-17,22H,3-13H2,1-2H3,(H2,19,20,23). The summed E-state index contributed by atoms with van der Waals surface area (Å²) < 4.78 is 0. The second kappa shape index (κ2) is 9.48. The van der Waals surface area contributed by atoms with E-state index in [1.54, 1.807) is 0 Å². The van der Waals surface area contributed by atoms with E-state index in [9.17, 15) is 9.90 Å². The van der Waals surface area contributed by atoms with Crippen molar-refractivity contribution in [1.29, 1.82) is 0 Å². The Morgan fingerprint density at radius 1 is 1.09 bits per heavy atom. The number of urea groups is 1. The van der Waals surface area contributed by atoms with Gasteiger partial charge in [-0.15, -0.1) is 0 Å². The molecular weight excluding hydrogens is 290 g/mol. The van der Waals surface area contributed by atoms with Crippen LogP contribution in [0.3, 0.4) is 0 Å². The molecule has 0 radical (unpaired) electrons. The topological polar surface area (TPSA) is 64.6 Å². The molecule has 5 heteroatoms. The Hall–Kier alpha value is -0.810. The van der Waals surface area contributed by atoms with Gasteiger partial charge in [0.15, 0.2) is 0 Å². The third-order valence-electron chi connectivity index (χ3n) is 5.26. The van der Waals surface area contributed by atoms with Crippen LogP contribution in [0, 0.1) is 11.8 Å². The number of carbonyl (C=O) groups is 1. The molecule has 2 rings (SSSR count). The lowest BCUT2D eigenvalue weighted by atomic mass is 9.96. The molecule has 1 heterocycles. The van der Waals surface area contributed by atoms with Gasteiger partial charge in [-0.1, -0.05) is 33.1 Å². The monoisotopic (exact) mass is 325 g/mol. The normalized spacial score (nSPS) is 27.7. The first-order chi connectivity index (χ1) is 11.1. The summed E-state index contributed by atoms with van der Waals surface area (Å²) in [7, 11) is 0. The number of nitrogens with zero attached hydrogens (tertiary/aromatic N) is 1. The minimum atomic E-state index is -0.0438. The maximum atomic E-state index is 12.3. The van der Waals surface area contributed by atoms with Crippen molar-refractivity contribution in [3.63, 3.8) is 0 Å². The Bertz CT molecular complexity index is 354. The number of nitrogens with one attached hydrogen (secondary N) is 2. The van der Waals surface area contributed by atoms with E-state index in [4.69, 9.17) is 0 Å². The van der Waals surface area contributed by atoms with Gasteiger partial charge in [0.2, 0.25) is 0 Å². The number of aliphatic hydroxyl groups excluding tert-OH is 1. The molecule has 0 aromatic heterocycles. The predicted molar refractivity (Wildman–Crippen MR) is 93.4 cm³/mol. The molecule has 5 nitrogen and oxygen atoms in total. The van der Waals surface area contributed by atoms with Crippen LogP contribution in [0.25, 0.3) is 0 Å². The first kappa shape index (κ1) is 18.5. The molecule has 1 aliphatic carbocycles. The molecule has 3 N–H and O–H groups in total. The lowest BCUT2D eigenvalue weighted by molar-refractivity contribution is 0.167. The van der Waals surface area contributed by atoms with Crippen LogP contribution in [0.2, 0.25) is 0 Å². The van der Waals surface area contributed by atoms with E-state index in [0.717, 1.165) is 51.7 Å². The number of amides is 2. The van der Waals surface area contributed by atoms with Crippen LogP contribution < -0.4 is 10.6 Å². The van der Waals surface area contributed by atoms with Crippen molar-refractivity contribution in [3.05, 3.63) is 0 Å². The quantitative estimate of drug-likeness (QED) is 0.680. The van der Waals surface area contributed by atoms with E-state index in [1.165, 1.54) is 12.8 Å². The van der Waals surface area contributed by atoms with Crippen molar-refractivity contribution < 1.29 is 9.90 Å². The third kappa shape index (κ3) is 6.30. The SMILES string of the molecule is CC(C)CN1CCC(NC(=O)NC2CCCCCC2CO)CC1. The highest BCUT2D eigenvalue weighted by molar-refractivity contribution is 5.74. The molecular formula is C18H35N3O2. The number of hydrogen-bond acceptors (Lipinski definition) is 3. The lowest BCUT2D eigenvalue weighted by Crippen LogP contribution is -2.51. The Labute approximate surface area is 141 Å². The van der Waals surface area contributed by atoms with Crippen LogP contribution in [0.4, 0.5) is 4.79 Å². The average molecular weight is 325 g/mol. The van der Waals surface area contributed by atoms with E-state index in [2.05, 4.69) is 29.4 Å². The molecule has 23 heavy (non-hydrogen) atoms. The van der Waals surface area contributed by atoms with Crippen LogP contribution in [0.15, 0.2) is 0 Å². The maximum absolute atomic E-state index is 12.3. The summed E-state index contributed by atoms with van der Waals surface area (Å²) in [5.41, 5.74) is 0. The summed E-state index contributed by atoms with van der Waals surface area (Å²) in [6.07, 6.45) is 7.61. The van der Waals surface area contributed by atoms with Gasteiger partial charge >= 0.3 is 6.03 Å². The number of carbonyl (C=O) groups excluding carboxylic acids is 1. The third-order valence-corrected chi connectivity index (χ3v) is 5.26. The van der Waals surface area contributed by atoms with E-state index in [1.807, 2.05) is 0 Å². The van der Waals surface area contributed by atoms with Gasteiger partial charge in [0.25, 0.3) is 0 Å². The highest BCUT2D eigenvalue weighted by Gasteiger charge is 2.26. The molecule has 2 fully saturated rings. The van der Waals surface area contributed by atoms with Gasteiger partial charge in [-0.05, 0) is 31.6 Å². The van der Waals surface area contributed by atoms with Gasteiger partial charge in [-0.25, -0.2) is 4.79 Å². The Morgan fingerprint density at radius 2 is 1.78 bits per heavy atom. The number of piperidine rings is 1. The van der Waals surface area contributed by atoms with Crippen molar-refractivity contribution >= 4 is 6.03 Å². The first-order valence-corrected chi connectivity index (χ1v) is 9.48. The molecule has 1 saturated heterocycles. The summed E-state index contributed by atoms with van der Waals surface area (Å²) >= 11 is 0. The molecule has 0 aromatic rings. The van der Waals surface area contributed by atoms with Crippen molar-refractivity contribution in [1.82, 2.24) is 15.5 Å². The van der Waals surface area contributed by atoms with Gasteiger partial charge in [-0.2, -0.15) is 0 Å². The van der Waals surface area contributed by atoms with Crippen LogP contribution >= 0.6 is 0 Å². The number of likely N-dealkylation sites (tertiary alicyclic amines) is 1. The fraction of sp³-hybridized carbons (Fsp3) is 0.944. The van der Waals surface area contributed by atoms with Gasteiger partial charge in [-0.3, -0.25) is 0 Å². The van der Waals surface area contributed by atoms with Gasteiger partial charge in [0, 0.05) is 44.2 Å². The molecule has 0 bridgehead atoms. The molecule has 0 spiro atoms. The summed E-state index contributed by atoms with van der Waals surface area (Å²) in [6.45, 7) is 7.99. The van der Waals surface area contributed by atoms with Crippen molar-refractivity contribution in [2.45, 2.75) is 70.9 Å². The van der Waals surface area contributed by atoms with Crippen LogP contribution in [-0.2, 0) is 0 Å². The molecule has 1 aliphatic heterocycles. The highest BCUT2D eigenvalue weighted by Crippen LogP contribution is 2.23. The molecule has 2 atom stereocenters. The van der Waals surface area contributed by atoms with Gasteiger partial charge < -0.3 is 20.6 Å². The largest absolute Gasteiger partial charge is 0.396 e. The summed E-state index contributed by atoms with van der Waals surface area (Å²) in [4.78, 5) is 14.8. The van der Waals surface area contributed by atoms with Crippen molar-refractivity contribution in [3.8, 4) is 0 Å². The molecule has 134 valence electrons. The molecule has 2 amide bonds. The van der Waals surface area contributed by atoms with Gasteiger partial charge in [0.05, 0.1) is 0 Å². The van der Waals surface area contributed by atoms with Gasteiger partial charge in [0.1, 0.15) is 0 Å². The van der Waals surface area contributed by atoms with Crippen LogP contribution in [-0.4, -0.2) is 54.4 Å². The fourth-order valence-electron chi connectivity index (χ4n) is 3.96. The summed E-state index contributed by atoms with van der Waals surface area (Å²) in [6, 6.07) is 0.373. The minimum Gasteiger partial charge on any atom is -0.396 e. The van der Waals surface area contributed by atoms with E-state index >= 15 is 0 Å². The zero-order chi connectivity index (χ0) is 16.7. The second-order valence-electron chi connectivity index (χ2n) is 7.77. The van der Waals surface area contributed by atoms with Crippen molar-refractivity contribution in [2.75, 3.05) is 26.2 Å². The van der Waals surface area contributed by atoms with Crippen LogP contribution in [0.1, 0.15) is 58.8 Å². The molecule has 2 unspecified atom stereocenters. The lowest BCUT2D eigenvalue weighted by Gasteiger charge is -2.34. The Morgan fingerprint density at radius 3 is 2.43 bits per heavy atom. The predicted octanol–water partition coefficient (Wildman–Crippen LogP) is 2.35. The van der Waals surface area contributed by atoms with E-state index in [0.29, 0.717) is 5.92 Å². The number of hydrogen-bond donors (Lipinski definition) is 3. The average Bonchev–Trinajstić information content (AvgIpc) is 2.73. The Balaban J connectivity index is 1.72. The van der Waals surface area contributed by atoms with Crippen LogP contribution in [0.5, 0.6) is 0 Å². The molecule has 1 saturated carbocycles. The minimum absolute atomic E-state index is 0.0438.